The lowest BCUT2D eigenvalue weighted by atomic mass is 9.79. The summed E-state index contributed by atoms with van der Waals surface area (Å²) in [5, 5.41) is 0. The van der Waals surface area contributed by atoms with Crippen molar-refractivity contribution in [3.63, 3.8) is 0 Å². The van der Waals surface area contributed by atoms with Crippen LogP contribution in [0.15, 0.2) is 0 Å². The van der Waals surface area contributed by atoms with Crippen molar-refractivity contribution in [1.82, 2.24) is 9.80 Å². The predicted molar refractivity (Wildman–Crippen MR) is 109 cm³/mol. The molecule has 156 valence electrons. The van der Waals surface area contributed by atoms with Gasteiger partial charge in [0.05, 0.1) is 0 Å². The minimum Gasteiger partial charge on any atom is -0.444 e. The van der Waals surface area contributed by atoms with Crippen molar-refractivity contribution in [3.05, 3.63) is 0 Å². The van der Waals surface area contributed by atoms with Gasteiger partial charge >= 0.3 is 6.09 Å². The van der Waals surface area contributed by atoms with Crippen LogP contribution in [0.25, 0.3) is 0 Å². The molecule has 0 bridgehead atoms. The van der Waals surface area contributed by atoms with Crippen molar-refractivity contribution in [2.75, 3.05) is 26.7 Å². The average Bonchev–Trinajstić information content (AvgIpc) is 2.61. The van der Waals surface area contributed by atoms with E-state index >= 15 is 0 Å². The number of rotatable bonds is 5. The summed E-state index contributed by atoms with van der Waals surface area (Å²) in [7, 11) is 1.80. The van der Waals surface area contributed by atoms with E-state index in [0.29, 0.717) is 30.7 Å². The van der Waals surface area contributed by atoms with E-state index in [1.54, 1.807) is 11.9 Å². The topological polar surface area (TPSA) is 49.9 Å². The summed E-state index contributed by atoms with van der Waals surface area (Å²) >= 11 is 0. The Kier molecular flexibility index (Phi) is 7.99. The molecule has 1 aliphatic heterocycles. The highest BCUT2D eigenvalue weighted by Crippen LogP contribution is 2.32. The lowest BCUT2D eigenvalue weighted by molar-refractivity contribution is -0.134. The molecule has 5 heteroatoms. The Morgan fingerprint density at radius 3 is 2.22 bits per heavy atom. The van der Waals surface area contributed by atoms with Gasteiger partial charge in [-0.05, 0) is 51.4 Å². The molecule has 1 aliphatic carbocycles. The molecule has 1 saturated carbocycles. The molecule has 2 rings (SSSR count). The molecule has 1 unspecified atom stereocenters. The van der Waals surface area contributed by atoms with Crippen LogP contribution in [0, 0.1) is 17.8 Å². The van der Waals surface area contributed by atoms with E-state index in [2.05, 4.69) is 6.92 Å². The first-order valence-corrected chi connectivity index (χ1v) is 10.9. The van der Waals surface area contributed by atoms with Gasteiger partial charge in [0.1, 0.15) is 5.60 Å². The molecule has 2 aliphatic rings. The smallest absolute Gasteiger partial charge is 0.410 e. The Morgan fingerprint density at radius 2 is 1.67 bits per heavy atom. The van der Waals surface area contributed by atoms with Crippen molar-refractivity contribution < 1.29 is 14.3 Å². The van der Waals surface area contributed by atoms with Crippen molar-refractivity contribution in [1.29, 1.82) is 0 Å². The zero-order chi connectivity index (χ0) is 20.0. The van der Waals surface area contributed by atoms with Crippen LogP contribution in [0.3, 0.4) is 0 Å². The maximum Gasteiger partial charge on any atom is 0.410 e. The third-order valence-corrected chi connectivity index (χ3v) is 6.16. The first-order chi connectivity index (χ1) is 12.7. The number of hydrogen-bond acceptors (Lipinski definition) is 3. The molecule has 0 aromatic heterocycles. The fourth-order valence-corrected chi connectivity index (χ4v) is 4.44. The Hall–Kier alpha value is -1.26. The van der Waals surface area contributed by atoms with Gasteiger partial charge in [0.25, 0.3) is 0 Å². The second-order valence-corrected chi connectivity index (χ2v) is 9.76. The number of amides is 2. The van der Waals surface area contributed by atoms with E-state index in [4.69, 9.17) is 4.74 Å². The molecule has 5 nitrogen and oxygen atoms in total. The van der Waals surface area contributed by atoms with E-state index in [9.17, 15) is 9.59 Å². The number of hydrogen-bond donors (Lipinski definition) is 0. The van der Waals surface area contributed by atoms with Crippen molar-refractivity contribution in [2.45, 2.75) is 84.7 Å². The zero-order valence-electron chi connectivity index (χ0n) is 18.1. The first-order valence-electron chi connectivity index (χ1n) is 10.9. The number of carbonyl (C=O) groups excluding carboxylic acids is 2. The number of likely N-dealkylation sites (tertiary alicyclic amines) is 1. The highest BCUT2D eigenvalue weighted by Gasteiger charge is 2.28. The Labute approximate surface area is 165 Å². The van der Waals surface area contributed by atoms with Gasteiger partial charge in [-0.15, -0.1) is 0 Å². The fourth-order valence-electron chi connectivity index (χ4n) is 4.44. The average molecular weight is 381 g/mol. The van der Waals surface area contributed by atoms with Gasteiger partial charge in [-0.2, -0.15) is 0 Å². The van der Waals surface area contributed by atoms with Gasteiger partial charge in [0, 0.05) is 33.1 Å². The standard InChI is InChI=1S/C22H40N2O3/c1-17(19-9-7-6-8-10-19)15-20(25)24-13-11-18(12-14-24)16-23(5)21(26)27-22(2,3)4/h17-19H,6-16H2,1-5H3. The second-order valence-electron chi connectivity index (χ2n) is 9.76. The molecule has 2 amide bonds. The van der Waals surface area contributed by atoms with Crippen molar-refractivity contribution in [2.24, 2.45) is 17.8 Å². The summed E-state index contributed by atoms with van der Waals surface area (Å²) < 4.78 is 5.42. The second kappa shape index (κ2) is 9.79. The Bertz CT molecular complexity index is 486. The lowest BCUT2D eigenvalue weighted by Gasteiger charge is -2.35. The van der Waals surface area contributed by atoms with E-state index in [1.807, 2.05) is 25.7 Å². The molecule has 2 fully saturated rings. The highest BCUT2D eigenvalue weighted by molar-refractivity contribution is 5.76. The zero-order valence-corrected chi connectivity index (χ0v) is 18.1. The van der Waals surface area contributed by atoms with Crippen LogP contribution in [-0.2, 0) is 9.53 Å². The molecule has 0 radical (unpaired) electrons. The summed E-state index contributed by atoms with van der Waals surface area (Å²) in [5.41, 5.74) is -0.462. The molecule has 1 saturated heterocycles. The van der Waals surface area contributed by atoms with Crippen LogP contribution >= 0.6 is 0 Å². The molecule has 0 spiro atoms. The van der Waals surface area contributed by atoms with Crippen LogP contribution in [0.2, 0.25) is 0 Å². The van der Waals surface area contributed by atoms with Crippen molar-refractivity contribution >= 4 is 12.0 Å². The predicted octanol–water partition coefficient (Wildman–Crippen LogP) is 4.70. The molecule has 0 aromatic carbocycles. The van der Waals surface area contributed by atoms with E-state index in [-0.39, 0.29) is 6.09 Å². The minimum absolute atomic E-state index is 0.262. The van der Waals surface area contributed by atoms with Crippen LogP contribution in [0.5, 0.6) is 0 Å². The summed E-state index contributed by atoms with van der Waals surface area (Å²) in [6.07, 6.45) is 9.01. The Balaban J connectivity index is 1.71. The van der Waals surface area contributed by atoms with Gasteiger partial charge in [-0.1, -0.05) is 39.0 Å². The molecule has 0 aromatic rings. The molecular formula is C22H40N2O3. The SMILES string of the molecule is CC(CC(=O)N1CCC(CN(C)C(=O)OC(C)(C)C)CC1)C1CCCCC1. The summed E-state index contributed by atoms with van der Waals surface area (Å²) in [6.45, 7) is 10.3. The van der Waals surface area contributed by atoms with Gasteiger partial charge in [-0.3, -0.25) is 4.79 Å². The van der Waals surface area contributed by atoms with Crippen LogP contribution in [0.1, 0.15) is 79.1 Å². The molecule has 27 heavy (non-hydrogen) atoms. The molecule has 1 atom stereocenters. The Morgan fingerprint density at radius 1 is 1.07 bits per heavy atom. The first kappa shape index (κ1) is 22.0. The van der Waals surface area contributed by atoms with Crippen LogP contribution in [0.4, 0.5) is 4.79 Å². The highest BCUT2D eigenvalue weighted by atomic mass is 16.6. The molecular weight excluding hydrogens is 340 g/mol. The number of carbonyl (C=O) groups is 2. The third kappa shape index (κ3) is 7.34. The lowest BCUT2D eigenvalue weighted by Crippen LogP contribution is -2.43. The van der Waals surface area contributed by atoms with E-state index < -0.39 is 5.60 Å². The van der Waals surface area contributed by atoms with Crippen LogP contribution < -0.4 is 0 Å². The molecule has 0 N–H and O–H groups in total. The summed E-state index contributed by atoms with van der Waals surface area (Å²) in [4.78, 5) is 28.5. The van der Waals surface area contributed by atoms with E-state index in [1.165, 1.54) is 32.1 Å². The summed E-state index contributed by atoms with van der Waals surface area (Å²) in [6, 6.07) is 0. The maximum atomic E-state index is 12.7. The van der Waals surface area contributed by atoms with Crippen molar-refractivity contribution in [3.8, 4) is 0 Å². The minimum atomic E-state index is -0.462. The largest absolute Gasteiger partial charge is 0.444 e. The maximum absolute atomic E-state index is 12.7. The monoisotopic (exact) mass is 380 g/mol. The number of ether oxygens (including phenoxy) is 1. The van der Waals surface area contributed by atoms with Gasteiger partial charge in [-0.25, -0.2) is 4.79 Å². The van der Waals surface area contributed by atoms with Gasteiger partial charge in [0.15, 0.2) is 0 Å². The van der Waals surface area contributed by atoms with Gasteiger partial charge in [0.2, 0.25) is 5.91 Å². The third-order valence-electron chi connectivity index (χ3n) is 6.16. The fraction of sp³-hybridized carbons (Fsp3) is 0.909. The summed E-state index contributed by atoms with van der Waals surface area (Å²) in [5.74, 6) is 2.02. The number of piperidine rings is 1. The van der Waals surface area contributed by atoms with Crippen LogP contribution in [-0.4, -0.2) is 54.1 Å². The normalized spacial score (nSPS) is 21.0. The van der Waals surface area contributed by atoms with Gasteiger partial charge < -0.3 is 14.5 Å². The van der Waals surface area contributed by atoms with E-state index in [0.717, 1.165) is 31.8 Å². The number of nitrogens with zero attached hydrogens (tertiary/aromatic N) is 2. The molecule has 1 heterocycles. The quantitative estimate of drug-likeness (QED) is 0.695.